The zero-order valence-corrected chi connectivity index (χ0v) is 21.8. The summed E-state index contributed by atoms with van der Waals surface area (Å²) in [7, 11) is 4.13. The fraction of sp³-hybridized carbons (Fsp3) is 0.542. The number of halogens is 2. The maximum absolute atomic E-state index is 6.34. The van der Waals surface area contributed by atoms with Crippen molar-refractivity contribution in [3.63, 3.8) is 0 Å². The van der Waals surface area contributed by atoms with Crippen molar-refractivity contribution in [1.29, 1.82) is 0 Å². The maximum Gasteiger partial charge on any atom is 0.225 e. The van der Waals surface area contributed by atoms with Gasteiger partial charge >= 0.3 is 0 Å². The van der Waals surface area contributed by atoms with Gasteiger partial charge in [0.15, 0.2) is 5.11 Å². The highest BCUT2D eigenvalue weighted by Crippen LogP contribution is 2.31. The van der Waals surface area contributed by atoms with Crippen LogP contribution in [0.3, 0.4) is 0 Å². The van der Waals surface area contributed by atoms with Gasteiger partial charge in [-0.3, -0.25) is 0 Å². The molecule has 1 fully saturated rings. The lowest BCUT2D eigenvalue weighted by molar-refractivity contribution is 0.387. The number of aryl methyl sites for hydroxylation is 2. The van der Waals surface area contributed by atoms with Gasteiger partial charge in [0.2, 0.25) is 5.95 Å². The topological polar surface area (TPSA) is 65.1 Å². The molecule has 1 saturated carbocycles. The molecule has 1 heterocycles. The molecule has 0 aliphatic heterocycles. The Morgan fingerprint density at radius 1 is 1.03 bits per heavy atom. The summed E-state index contributed by atoms with van der Waals surface area (Å²) in [5, 5.41) is 12.1. The molecule has 6 nitrogen and oxygen atoms in total. The molecule has 3 N–H and O–H groups in total. The van der Waals surface area contributed by atoms with Crippen LogP contribution in [0.1, 0.15) is 55.3 Å². The standard InChI is InChI=1S/C24H32Cl2N6S/c1-14-12-15(25)13-19(26)21(14)30-24(33)28-17-10-8-16(9-11-17)27-23-29-20-7-5-4-6-18(20)22(31-23)32(2)3/h12-13,16-17H,4-11H2,1-3H3,(H,27,29,31)(H2,28,30,33). The van der Waals surface area contributed by atoms with E-state index in [4.69, 9.17) is 45.4 Å². The molecule has 2 aliphatic carbocycles. The van der Waals surface area contributed by atoms with Crippen LogP contribution < -0.4 is 20.9 Å². The number of benzene rings is 1. The number of aromatic nitrogens is 2. The van der Waals surface area contributed by atoms with Crippen LogP contribution in [0.2, 0.25) is 10.0 Å². The second kappa shape index (κ2) is 10.6. The van der Waals surface area contributed by atoms with Crippen LogP contribution in [0.4, 0.5) is 17.5 Å². The minimum absolute atomic E-state index is 0.330. The Labute approximate surface area is 211 Å². The summed E-state index contributed by atoms with van der Waals surface area (Å²) in [6.07, 6.45) is 8.69. The first-order chi connectivity index (χ1) is 15.8. The number of fused-ring (bicyclic) bond motifs is 1. The quantitative estimate of drug-likeness (QED) is 0.446. The Morgan fingerprint density at radius 3 is 2.42 bits per heavy atom. The van der Waals surface area contributed by atoms with Crippen molar-refractivity contribution in [3.05, 3.63) is 39.0 Å². The molecule has 0 bridgehead atoms. The Hall–Kier alpha value is -1.83. The van der Waals surface area contributed by atoms with Crippen molar-refractivity contribution >= 4 is 58.0 Å². The highest BCUT2D eigenvalue weighted by molar-refractivity contribution is 7.80. The highest BCUT2D eigenvalue weighted by atomic mass is 35.5. The first-order valence-electron chi connectivity index (χ1n) is 11.7. The SMILES string of the molecule is Cc1cc(Cl)cc(Cl)c1NC(=S)NC1CCC(Nc2nc3c(c(N(C)C)n2)CCCC3)CC1. The van der Waals surface area contributed by atoms with Gasteiger partial charge in [-0.05, 0) is 88.2 Å². The van der Waals surface area contributed by atoms with E-state index in [0.717, 1.165) is 61.5 Å². The molecule has 0 radical (unpaired) electrons. The van der Waals surface area contributed by atoms with Crippen LogP contribution in [0.15, 0.2) is 12.1 Å². The summed E-state index contributed by atoms with van der Waals surface area (Å²) in [4.78, 5) is 11.8. The van der Waals surface area contributed by atoms with Crippen molar-refractivity contribution in [2.75, 3.05) is 29.6 Å². The van der Waals surface area contributed by atoms with Gasteiger partial charge in [-0.1, -0.05) is 23.2 Å². The van der Waals surface area contributed by atoms with Crippen molar-refractivity contribution in [2.45, 2.75) is 70.4 Å². The second-order valence-corrected chi connectivity index (χ2v) is 10.5. The molecule has 1 aromatic heterocycles. The fourth-order valence-electron chi connectivity index (χ4n) is 4.77. The van der Waals surface area contributed by atoms with E-state index in [9.17, 15) is 0 Å². The molecule has 0 unspecified atom stereocenters. The van der Waals surface area contributed by atoms with Gasteiger partial charge in [-0.25, -0.2) is 4.98 Å². The Morgan fingerprint density at radius 2 is 1.73 bits per heavy atom. The number of thiocarbonyl (C=S) groups is 1. The van der Waals surface area contributed by atoms with Crippen LogP contribution in [-0.4, -0.2) is 41.3 Å². The lowest BCUT2D eigenvalue weighted by Gasteiger charge is -2.31. The van der Waals surface area contributed by atoms with E-state index >= 15 is 0 Å². The van der Waals surface area contributed by atoms with E-state index in [1.54, 1.807) is 6.07 Å². The summed E-state index contributed by atoms with van der Waals surface area (Å²) in [5.74, 6) is 1.82. The van der Waals surface area contributed by atoms with Gasteiger partial charge in [0.25, 0.3) is 0 Å². The van der Waals surface area contributed by atoms with Gasteiger partial charge in [0, 0.05) is 36.8 Å². The smallest absolute Gasteiger partial charge is 0.225 e. The van der Waals surface area contributed by atoms with Crippen LogP contribution in [0.5, 0.6) is 0 Å². The lowest BCUT2D eigenvalue weighted by atomic mass is 9.91. The van der Waals surface area contributed by atoms with E-state index in [1.165, 1.54) is 24.1 Å². The van der Waals surface area contributed by atoms with E-state index in [2.05, 4.69) is 34.9 Å². The summed E-state index contributed by atoms with van der Waals surface area (Å²) < 4.78 is 0. The molecule has 0 spiro atoms. The van der Waals surface area contributed by atoms with E-state index in [-0.39, 0.29) is 0 Å². The van der Waals surface area contributed by atoms with Gasteiger partial charge in [0.1, 0.15) is 5.82 Å². The molecular weight excluding hydrogens is 475 g/mol. The largest absolute Gasteiger partial charge is 0.362 e. The van der Waals surface area contributed by atoms with E-state index in [0.29, 0.717) is 27.2 Å². The summed E-state index contributed by atoms with van der Waals surface area (Å²) in [6, 6.07) is 4.30. The molecule has 2 aromatic rings. The molecule has 9 heteroatoms. The molecule has 178 valence electrons. The van der Waals surface area contributed by atoms with Gasteiger partial charge in [-0.15, -0.1) is 0 Å². The van der Waals surface area contributed by atoms with Crippen LogP contribution in [0, 0.1) is 6.92 Å². The maximum atomic E-state index is 6.34. The Balaban J connectivity index is 1.31. The Kier molecular flexibility index (Phi) is 7.82. The number of rotatable bonds is 5. The normalized spacial score (nSPS) is 20.0. The predicted molar refractivity (Wildman–Crippen MR) is 143 cm³/mol. The third-order valence-electron chi connectivity index (χ3n) is 6.47. The average molecular weight is 508 g/mol. The molecule has 2 aliphatic rings. The minimum atomic E-state index is 0.330. The lowest BCUT2D eigenvalue weighted by Crippen LogP contribution is -2.42. The summed E-state index contributed by atoms with van der Waals surface area (Å²) >= 11 is 17.9. The first-order valence-corrected chi connectivity index (χ1v) is 12.8. The first kappa shape index (κ1) is 24.3. The van der Waals surface area contributed by atoms with E-state index in [1.807, 2.05) is 13.0 Å². The number of nitrogens with one attached hydrogen (secondary N) is 3. The minimum Gasteiger partial charge on any atom is -0.362 e. The Bertz CT molecular complexity index is 997. The summed E-state index contributed by atoms with van der Waals surface area (Å²) in [5.41, 5.74) is 4.30. The number of hydrogen-bond donors (Lipinski definition) is 3. The molecule has 0 amide bonds. The van der Waals surface area contributed by atoms with Crippen LogP contribution in [-0.2, 0) is 12.8 Å². The number of nitrogens with zero attached hydrogens (tertiary/aromatic N) is 3. The highest BCUT2D eigenvalue weighted by Gasteiger charge is 2.24. The summed E-state index contributed by atoms with van der Waals surface area (Å²) in [6.45, 7) is 1.96. The number of hydrogen-bond acceptors (Lipinski definition) is 5. The third-order valence-corrected chi connectivity index (χ3v) is 7.21. The molecule has 0 atom stereocenters. The molecule has 33 heavy (non-hydrogen) atoms. The van der Waals surface area contributed by atoms with Crippen molar-refractivity contribution in [3.8, 4) is 0 Å². The van der Waals surface area contributed by atoms with Crippen LogP contribution >= 0.6 is 35.4 Å². The van der Waals surface area contributed by atoms with Crippen molar-refractivity contribution < 1.29 is 0 Å². The van der Waals surface area contributed by atoms with Gasteiger partial charge in [-0.2, -0.15) is 4.98 Å². The van der Waals surface area contributed by atoms with E-state index < -0.39 is 0 Å². The predicted octanol–water partition coefficient (Wildman–Crippen LogP) is 5.75. The van der Waals surface area contributed by atoms with Gasteiger partial charge < -0.3 is 20.9 Å². The van der Waals surface area contributed by atoms with Crippen molar-refractivity contribution in [1.82, 2.24) is 15.3 Å². The molecular formula is C24H32Cl2N6S. The molecule has 4 rings (SSSR count). The van der Waals surface area contributed by atoms with Gasteiger partial charge in [0.05, 0.1) is 16.4 Å². The second-order valence-electron chi connectivity index (χ2n) is 9.27. The third kappa shape index (κ3) is 6.00. The average Bonchev–Trinajstić information content (AvgIpc) is 2.77. The molecule has 1 aromatic carbocycles. The van der Waals surface area contributed by atoms with Crippen molar-refractivity contribution in [2.24, 2.45) is 0 Å². The molecule has 0 saturated heterocycles. The number of anilines is 3. The fourth-order valence-corrected chi connectivity index (χ4v) is 5.68. The zero-order valence-electron chi connectivity index (χ0n) is 19.5. The monoisotopic (exact) mass is 506 g/mol. The van der Waals surface area contributed by atoms with Crippen LogP contribution in [0.25, 0.3) is 0 Å². The zero-order chi connectivity index (χ0) is 23.5.